The summed E-state index contributed by atoms with van der Waals surface area (Å²) in [5, 5.41) is 10.2. The van der Waals surface area contributed by atoms with Gasteiger partial charge in [-0.2, -0.15) is 0 Å². The maximum absolute atomic E-state index is 9.53. The number of benzene rings is 1. The van der Waals surface area contributed by atoms with Crippen molar-refractivity contribution in [3.05, 3.63) is 45.9 Å². The van der Waals surface area contributed by atoms with Gasteiger partial charge in [0, 0.05) is 33.6 Å². The van der Waals surface area contributed by atoms with Crippen molar-refractivity contribution in [2.45, 2.75) is 50.9 Å². The van der Waals surface area contributed by atoms with E-state index < -0.39 is 0 Å². The fourth-order valence-corrected chi connectivity index (χ4v) is 5.60. The highest BCUT2D eigenvalue weighted by atomic mass is 35.5. The number of hydrogen-bond acceptors (Lipinski definition) is 5. The Labute approximate surface area is 173 Å². The van der Waals surface area contributed by atoms with Crippen LogP contribution in [0.2, 0.25) is 5.02 Å². The first-order valence-corrected chi connectivity index (χ1v) is 10.9. The summed E-state index contributed by atoms with van der Waals surface area (Å²) in [6.07, 6.45) is 6.35. The lowest BCUT2D eigenvalue weighted by Crippen LogP contribution is -2.36. The molecule has 146 valence electrons. The molecule has 0 radical (unpaired) electrons. The monoisotopic (exact) mass is 415 g/mol. The number of aliphatic hydroxyl groups excluding tert-OH is 1. The molecule has 1 spiro atoms. The molecule has 4 nitrogen and oxygen atoms in total. The third-order valence-electron chi connectivity index (χ3n) is 5.87. The number of fused-ring (bicyclic) bond motifs is 1. The van der Waals surface area contributed by atoms with Gasteiger partial charge >= 0.3 is 0 Å². The van der Waals surface area contributed by atoms with Crippen LogP contribution < -0.4 is 4.74 Å². The number of ether oxygens (including phenoxy) is 2. The molecule has 2 aliphatic rings. The number of hydrogen-bond donors (Lipinski definition) is 1. The van der Waals surface area contributed by atoms with Gasteiger partial charge in [0.15, 0.2) is 0 Å². The van der Waals surface area contributed by atoms with Crippen molar-refractivity contribution in [3.63, 3.8) is 0 Å². The number of nitrogens with zero attached hydrogens (tertiary/aromatic N) is 1. The van der Waals surface area contributed by atoms with Crippen LogP contribution in [-0.2, 0) is 11.3 Å². The van der Waals surface area contributed by atoms with Gasteiger partial charge in [0.05, 0.1) is 29.0 Å². The third kappa shape index (κ3) is 3.11. The summed E-state index contributed by atoms with van der Waals surface area (Å²) in [6, 6.07) is 7.84. The molecule has 1 N–H and O–H groups in total. The molecule has 28 heavy (non-hydrogen) atoms. The average molecular weight is 416 g/mol. The lowest BCUT2D eigenvalue weighted by molar-refractivity contribution is -0.0567. The van der Waals surface area contributed by atoms with Gasteiger partial charge in [0.25, 0.3) is 0 Å². The first-order valence-electron chi connectivity index (χ1n) is 9.66. The van der Waals surface area contributed by atoms with E-state index in [1.54, 1.807) is 17.5 Å². The van der Waals surface area contributed by atoms with E-state index in [0.29, 0.717) is 11.6 Å². The third-order valence-corrected chi connectivity index (χ3v) is 7.23. The fourth-order valence-electron chi connectivity index (χ4n) is 4.33. The van der Waals surface area contributed by atoms with Crippen LogP contribution in [0, 0.1) is 6.92 Å². The van der Waals surface area contributed by atoms with Gasteiger partial charge in [-0.1, -0.05) is 11.6 Å². The zero-order chi connectivity index (χ0) is 19.3. The number of aryl methyl sites for hydroxylation is 1. The molecule has 1 atom stereocenters. The van der Waals surface area contributed by atoms with E-state index in [9.17, 15) is 5.11 Å². The predicted molar refractivity (Wildman–Crippen MR) is 112 cm³/mol. The predicted octanol–water partition coefficient (Wildman–Crippen LogP) is 5.51. The molecular formula is C22H22ClNO3S. The molecule has 1 aliphatic carbocycles. The number of rotatable bonds is 4. The summed E-state index contributed by atoms with van der Waals surface area (Å²) in [6.45, 7) is 2.69. The molecule has 1 saturated carbocycles. The Bertz CT molecular complexity index is 1040. The Morgan fingerprint density at radius 1 is 1.32 bits per heavy atom. The molecule has 1 unspecified atom stereocenters. The molecule has 0 bridgehead atoms. The Morgan fingerprint density at radius 3 is 2.89 bits per heavy atom. The second kappa shape index (κ2) is 6.99. The molecule has 0 amide bonds. The van der Waals surface area contributed by atoms with E-state index in [1.807, 2.05) is 31.2 Å². The van der Waals surface area contributed by atoms with Crippen molar-refractivity contribution >= 4 is 33.2 Å². The van der Waals surface area contributed by atoms with Gasteiger partial charge in [-0.3, -0.25) is 4.98 Å². The average Bonchev–Trinajstić information content (AvgIpc) is 3.27. The van der Waals surface area contributed by atoms with Crippen LogP contribution in [0.15, 0.2) is 30.5 Å². The largest absolute Gasteiger partial charge is 0.487 e. The van der Waals surface area contributed by atoms with E-state index in [1.165, 1.54) is 6.42 Å². The minimum atomic E-state index is 0.0138. The molecular weight excluding hydrogens is 394 g/mol. The first-order chi connectivity index (χ1) is 13.6. The molecule has 2 fully saturated rings. The molecule has 1 saturated heterocycles. The van der Waals surface area contributed by atoms with E-state index in [-0.39, 0.29) is 18.3 Å². The van der Waals surface area contributed by atoms with Crippen molar-refractivity contribution in [1.29, 1.82) is 0 Å². The Balaban J connectivity index is 1.57. The van der Waals surface area contributed by atoms with Gasteiger partial charge in [0.1, 0.15) is 11.9 Å². The van der Waals surface area contributed by atoms with Crippen molar-refractivity contribution in [2.24, 2.45) is 0 Å². The topological polar surface area (TPSA) is 51.6 Å². The van der Waals surface area contributed by atoms with E-state index in [4.69, 9.17) is 21.1 Å². The smallest absolute Gasteiger partial charge is 0.130 e. The van der Waals surface area contributed by atoms with Crippen LogP contribution in [0.5, 0.6) is 5.75 Å². The van der Waals surface area contributed by atoms with Gasteiger partial charge in [0.2, 0.25) is 0 Å². The van der Waals surface area contributed by atoms with Crippen molar-refractivity contribution in [1.82, 2.24) is 4.98 Å². The lowest BCUT2D eigenvalue weighted by Gasteiger charge is -2.36. The minimum absolute atomic E-state index is 0.0138. The number of aromatic nitrogens is 1. The molecule has 2 aromatic heterocycles. The summed E-state index contributed by atoms with van der Waals surface area (Å²) in [7, 11) is 0. The molecule has 3 aromatic rings. The zero-order valence-corrected chi connectivity index (χ0v) is 17.3. The number of pyridine rings is 1. The Hall–Kier alpha value is -1.66. The van der Waals surface area contributed by atoms with E-state index in [2.05, 4.69) is 4.98 Å². The maximum atomic E-state index is 9.53. The highest BCUT2D eigenvalue weighted by Gasteiger charge is 2.46. The summed E-state index contributed by atoms with van der Waals surface area (Å²) < 4.78 is 13.6. The van der Waals surface area contributed by atoms with Gasteiger partial charge in [-0.25, -0.2) is 0 Å². The normalized spacial score (nSPS) is 20.6. The van der Waals surface area contributed by atoms with Crippen LogP contribution in [-0.4, -0.2) is 28.4 Å². The van der Waals surface area contributed by atoms with Crippen molar-refractivity contribution in [3.8, 4) is 16.9 Å². The summed E-state index contributed by atoms with van der Waals surface area (Å²) in [5.41, 5.74) is 3.96. The summed E-state index contributed by atoms with van der Waals surface area (Å²) in [5.74, 6) is 0.862. The van der Waals surface area contributed by atoms with Crippen LogP contribution in [0.25, 0.3) is 21.3 Å². The summed E-state index contributed by atoms with van der Waals surface area (Å²) in [4.78, 5) is 5.35. The first kappa shape index (κ1) is 18.4. The Morgan fingerprint density at radius 2 is 2.18 bits per heavy atom. The number of halogens is 1. The van der Waals surface area contributed by atoms with Crippen LogP contribution in [0.3, 0.4) is 0 Å². The van der Waals surface area contributed by atoms with Gasteiger partial charge < -0.3 is 14.6 Å². The number of thiophene rings is 1. The van der Waals surface area contributed by atoms with E-state index >= 15 is 0 Å². The van der Waals surface area contributed by atoms with Crippen molar-refractivity contribution in [2.75, 3.05) is 6.61 Å². The Kier molecular flexibility index (Phi) is 4.59. The van der Waals surface area contributed by atoms with Gasteiger partial charge in [-0.05, 0) is 56.0 Å². The SMILES string of the molecule is Cc1cc(Cl)cc(-c2ccnc3cc(CO)sc23)c1OC1COC2(CCC2)C1. The van der Waals surface area contributed by atoms with Crippen LogP contribution >= 0.6 is 22.9 Å². The fraction of sp³-hybridized carbons (Fsp3) is 0.409. The minimum Gasteiger partial charge on any atom is -0.487 e. The highest BCUT2D eigenvalue weighted by molar-refractivity contribution is 7.19. The van der Waals surface area contributed by atoms with Gasteiger partial charge in [-0.15, -0.1) is 11.3 Å². The zero-order valence-electron chi connectivity index (χ0n) is 15.7. The number of aliphatic hydroxyl groups is 1. The van der Waals surface area contributed by atoms with Crippen LogP contribution in [0.1, 0.15) is 36.1 Å². The summed E-state index contributed by atoms with van der Waals surface area (Å²) >= 11 is 7.98. The second-order valence-corrected chi connectivity index (χ2v) is 9.41. The lowest BCUT2D eigenvalue weighted by atomic mass is 9.78. The van der Waals surface area contributed by atoms with Crippen LogP contribution in [0.4, 0.5) is 0 Å². The van der Waals surface area contributed by atoms with E-state index in [0.717, 1.165) is 56.8 Å². The second-order valence-electron chi connectivity index (χ2n) is 7.83. The standard InChI is InChI=1S/C22H22ClNO3S/c1-13-7-14(23)8-18(17-3-6-24-19-9-16(11-25)28-21(17)19)20(13)27-15-10-22(26-12-15)4-2-5-22/h3,6-9,15,25H,2,4-5,10-12H2,1H3. The van der Waals surface area contributed by atoms with Crippen molar-refractivity contribution < 1.29 is 14.6 Å². The highest BCUT2D eigenvalue weighted by Crippen LogP contribution is 2.46. The quantitative estimate of drug-likeness (QED) is 0.610. The molecule has 1 aliphatic heterocycles. The molecule has 1 aromatic carbocycles. The maximum Gasteiger partial charge on any atom is 0.130 e. The molecule has 6 heteroatoms. The molecule has 3 heterocycles. The molecule has 5 rings (SSSR count).